The largest absolute Gasteiger partial charge is 0.399 e. The third-order valence-corrected chi connectivity index (χ3v) is 3.23. The molecule has 1 atom stereocenters. The number of imide groups is 1. The van der Waals surface area contributed by atoms with Crippen LogP contribution in [0.15, 0.2) is 24.3 Å². The molecule has 3 N–H and O–H groups in total. The molecule has 1 aromatic rings. The van der Waals surface area contributed by atoms with Crippen LogP contribution in [0.4, 0.5) is 11.4 Å². The van der Waals surface area contributed by atoms with Crippen LogP contribution in [0.3, 0.4) is 0 Å². The van der Waals surface area contributed by atoms with E-state index in [-0.39, 0.29) is 43.0 Å². The molecule has 0 spiro atoms. The van der Waals surface area contributed by atoms with E-state index in [9.17, 15) is 14.4 Å². The lowest BCUT2D eigenvalue weighted by Gasteiger charge is -2.14. The second-order valence-corrected chi connectivity index (χ2v) is 4.91. The maximum Gasteiger partial charge on any atom is 0.232 e. The molecule has 1 aliphatic rings. The highest BCUT2D eigenvalue weighted by Gasteiger charge is 2.35. The Morgan fingerprint density at radius 2 is 2.00 bits per heavy atom. The van der Waals surface area contributed by atoms with Crippen molar-refractivity contribution >= 4 is 29.1 Å². The summed E-state index contributed by atoms with van der Waals surface area (Å²) in [5.74, 6) is -0.921. The van der Waals surface area contributed by atoms with E-state index in [1.807, 2.05) is 0 Å². The number of anilines is 2. The molecule has 0 bridgehead atoms. The van der Waals surface area contributed by atoms with Crippen LogP contribution >= 0.6 is 0 Å². The Morgan fingerprint density at radius 1 is 1.35 bits per heavy atom. The first-order valence-electron chi connectivity index (χ1n) is 6.47. The van der Waals surface area contributed by atoms with Gasteiger partial charge in [-0.25, -0.2) is 0 Å². The number of carbonyl (C=O) groups is 3. The van der Waals surface area contributed by atoms with Gasteiger partial charge in [-0.3, -0.25) is 19.3 Å². The minimum atomic E-state index is -0.275. The molecular weight excluding hydrogens is 258 g/mol. The molecule has 1 saturated heterocycles. The molecule has 20 heavy (non-hydrogen) atoms. The molecule has 6 nitrogen and oxygen atoms in total. The number of nitrogen functional groups attached to an aromatic ring is 1. The number of nitrogens with zero attached hydrogens (tertiary/aromatic N) is 1. The molecule has 1 aliphatic heterocycles. The fourth-order valence-corrected chi connectivity index (χ4v) is 2.09. The molecule has 1 aromatic carbocycles. The first-order valence-corrected chi connectivity index (χ1v) is 6.47. The number of hydrogen-bond acceptors (Lipinski definition) is 4. The van der Waals surface area contributed by atoms with Crippen molar-refractivity contribution in [3.8, 4) is 0 Å². The van der Waals surface area contributed by atoms with E-state index in [1.165, 1.54) is 0 Å². The van der Waals surface area contributed by atoms with Crippen molar-refractivity contribution in [2.45, 2.75) is 19.8 Å². The van der Waals surface area contributed by atoms with Gasteiger partial charge in [0.05, 0.1) is 0 Å². The predicted molar refractivity (Wildman–Crippen MR) is 74.6 cm³/mol. The fourth-order valence-electron chi connectivity index (χ4n) is 2.09. The van der Waals surface area contributed by atoms with Crippen LogP contribution in [0.1, 0.15) is 19.8 Å². The van der Waals surface area contributed by atoms with E-state index >= 15 is 0 Å². The summed E-state index contributed by atoms with van der Waals surface area (Å²) in [4.78, 5) is 36.2. The number of likely N-dealkylation sites (tertiary alicyclic amines) is 1. The van der Waals surface area contributed by atoms with Crippen molar-refractivity contribution in [2.24, 2.45) is 5.92 Å². The first kappa shape index (κ1) is 14.0. The van der Waals surface area contributed by atoms with Gasteiger partial charge in [0.25, 0.3) is 0 Å². The van der Waals surface area contributed by atoms with Crippen molar-refractivity contribution in [3.63, 3.8) is 0 Å². The predicted octanol–water partition coefficient (Wildman–Crippen LogP) is 0.992. The molecule has 0 saturated carbocycles. The van der Waals surface area contributed by atoms with E-state index in [4.69, 9.17) is 5.73 Å². The van der Waals surface area contributed by atoms with Crippen LogP contribution in [-0.4, -0.2) is 29.2 Å². The van der Waals surface area contributed by atoms with Crippen molar-refractivity contribution < 1.29 is 14.4 Å². The Labute approximate surface area is 116 Å². The molecule has 106 valence electrons. The van der Waals surface area contributed by atoms with E-state index in [0.29, 0.717) is 11.4 Å². The minimum Gasteiger partial charge on any atom is -0.399 e. The van der Waals surface area contributed by atoms with Gasteiger partial charge >= 0.3 is 0 Å². The Hall–Kier alpha value is -2.37. The van der Waals surface area contributed by atoms with Gasteiger partial charge in [-0.1, -0.05) is 6.92 Å². The Morgan fingerprint density at radius 3 is 2.55 bits per heavy atom. The second-order valence-electron chi connectivity index (χ2n) is 4.91. The summed E-state index contributed by atoms with van der Waals surface area (Å²) >= 11 is 0. The van der Waals surface area contributed by atoms with E-state index < -0.39 is 0 Å². The lowest BCUT2D eigenvalue weighted by Crippen LogP contribution is -2.33. The van der Waals surface area contributed by atoms with E-state index in [2.05, 4.69) is 5.32 Å². The fraction of sp³-hybridized carbons (Fsp3) is 0.357. The smallest absolute Gasteiger partial charge is 0.232 e. The first-order chi connectivity index (χ1) is 9.47. The maximum absolute atomic E-state index is 11.8. The Bertz CT molecular complexity index is 539. The van der Waals surface area contributed by atoms with Crippen LogP contribution < -0.4 is 11.1 Å². The average Bonchev–Trinajstić information content (AvgIpc) is 2.64. The van der Waals surface area contributed by atoms with Gasteiger partial charge in [-0.2, -0.15) is 0 Å². The van der Waals surface area contributed by atoms with Crippen molar-refractivity contribution in [2.75, 3.05) is 17.6 Å². The zero-order chi connectivity index (χ0) is 14.7. The topological polar surface area (TPSA) is 92.5 Å². The Balaban J connectivity index is 1.85. The zero-order valence-corrected chi connectivity index (χ0v) is 11.3. The van der Waals surface area contributed by atoms with Crippen molar-refractivity contribution in [3.05, 3.63) is 24.3 Å². The summed E-state index contributed by atoms with van der Waals surface area (Å²) < 4.78 is 0. The monoisotopic (exact) mass is 275 g/mol. The SMILES string of the molecule is CC1CC(=O)N(CCC(=O)Nc2ccc(N)cc2)C1=O. The molecular formula is C14H17N3O3. The summed E-state index contributed by atoms with van der Waals surface area (Å²) in [7, 11) is 0. The molecule has 0 aromatic heterocycles. The van der Waals surface area contributed by atoms with Crippen LogP contribution in [0.2, 0.25) is 0 Å². The highest BCUT2D eigenvalue weighted by Crippen LogP contribution is 2.19. The summed E-state index contributed by atoms with van der Waals surface area (Å²) in [5, 5.41) is 2.69. The molecule has 0 aliphatic carbocycles. The summed E-state index contributed by atoms with van der Waals surface area (Å²) in [6, 6.07) is 6.76. The number of carbonyl (C=O) groups excluding carboxylic acids is 3. The van der Waals surface area contributed by atoms with Gasteiger partial charge in [-0.15, -0.1) is 0 Å². The number of hydrogen-bond donors (Lipinski definition) is 2. The third-order valence-electron chi connectivity index (χ3n) is 3.23. The van der Waals surface area contributed by atoms with Crippen LogP contribution in [0.25, 0.3) is 0 Å². The molecule has 0 radical (unpaired) electrons. The standard InChI is InChI=1S/C14H17N3O3/c1-9-8-13(19)17(14(9)20)7-6-12(18)16-11-4-2-10(15)3-5-11/h2-5,9H,6-8,15H2,1H3,(H,16,18). The summed E-state index contributed by atoms with van der Waals surface area (Å²) in [6.45, 7) is 1.84. The quantitative estimate of drug-likeness (QED) is 0.633. The van der Waals surface area contributed by atoms with Crippen LogP contribution in [-0.2, 0) is 14.4 Å². The number of nitrogens with one attached hydrogen (secondary N) is 1. The number of nitrogens with two attached hydrogens (primary N) is 1. The minimum absolute atomic E-state index is 0.0918. The zero-order valence-electron chi connectivity index (χ0n) is 11.3. The summed E-state index contributed by atoms with van der Waals surface area (Å²) in [5.41, 5.74) is 6.80. The number of amides is 3. The number of rotatable bonds is 4. The molecule has 1 unspecified atom stereocenters. The van der Waals surface area contributed by atoms with Gasteiger partial charge in [0, 0.05) is 36.7 Å². The Kier molecular flexibility index (Phi) is 4.02. The molecule has 6 heteroatoms. The highest BCUT2D eigenvalue weighted by atomic mass is 16.2. The van der Waals surface area contributed by atoms with Gasteiger partial charge in [-0.05, 0) is 24.3 Å². The van der Waals surface area contributed by atoms with Crippen molar-refractivity contribution in [1.29, 1.82) is 0 Å². The number of benzene rings is 1. The lowest BCUT2D eigenvalue weighted by atomic mass is 10.1. The second kappa shape index (κ2) is 5.73. The van der Waals surface area contributed by atoms with Gasteiger partial charge in [0.1, 0.15) is 0 Å². The third kappa shape index (κ3) is 3.14. The van der Waals surface area contributed by atoms with E-state index in [1.54, 1.807) is 31.2 Å². The van der Waals surface area contributed by atoms with Gasteiger partial charge in [0.15, 0.2) is 0 Å². The molecule has 1 heterocycles. The van der Waals surface area contributed by atoms with Gasteiger partial charge < -0.3 is 11.1 Å². The highest BCUT2D eigenvalue weighted by molar-refractivity contribution is 6.03. The lowest BCUT2D eigenvalue weighted by molar-refractivity contribution is -0.139. The normalized spacial score (nSPS) is 18.4. The van der Waals surface area contributed by atoms with Crippen LogP contribution in [0, 0.1) is 5.92 Å². The molecule has 2 rings (SSSR count). The average molecular weight is 275 g/mol. The summed E-state index contributed by atoms with van der Waals surface area (Å²) in [6.07, 6.45) is 0.326. The van der Waals surface area contributed by atoms with Crippen LogP contribution in [0.5, 0.6) is 0 Å². The molecule has 3 amide bonds. The van der Waals surface area contributed by atoms with Crippen molar-refractivity contribution in [1.82, 2.24) is 4.90 Å². The van der Waals surface area contributed by atoms with E-state index in [0.717, 1.165) is 4.90 Å². The van der Waals surface area contributed by atoms with Gasteiger partial charge in [0.2, 0.25) is 17.7 Å². The molecule has 1 fully saturated rings. The maximum atomic E-state index is 11.8.